The van der Waals surface area contributed by atoms with Gasteiger partial charge in [0.25, 0.3) is 0 Å². The van der Waals surface area contributed by atoms with Crippen LogP contribution < -0.4 is 0 Å². The molecule has 15 heteroatoms. The SMILES string of the molecule is CCCCCCN(CCOCC1(C)COCCOCC(C)(COCCN(CCCCCC)C(=O)C2CCCCC2C(=O)O)OCCOCCO1)C(=O)C1CCCCC1C(=O)O. The van der Waals surface area contributed by atoms with Crippen LogP contribution in [0.4, 0.5) is 0 Å². The molecule has 0 aromatic rings. The smallest absolute Gasteiger partial charge is 0.307 e. The summed E-state index contributed by atoms with van der Waals surface area (Å²) in [6.07, 6.45) is 13.9. The molecule has 61 heavy (non-hydrogen) atoms. The van der Waals surface area contributed by atoms with Gasteiger partial charge in [0.1, 0.15) is 11.2 Å². The van der Waals surface area contributed by atoms with Crippen molar-refractivity contribution >= 4 is 23.8 Å². The Bertz CT molecular complexity index is 1170. The maximum absolute atomic E-state index is 13.7. The summed E-state index contributed by atoms with van der Waals surface area (Å²) in [5.41, 5.74) is -1.57. The summed E-state index contributed by atoms with van der Waals surface area (Å²) in [6.45, 7) is 13.5. The fourth-order valence-corrected chi connectivity index (χ4v) is 8.70. The molecular weight excluding hydrogens is 789 g/mol. The van der Waals surface area contributed by atoms with Crippen molar-refractivity contribution in [3.8, 4) is 0 Å². The second kappa shape index (κ2) is 29.9. The van der Waals surface area contributed by atoms with E-state index in [1.54, 1.807) is 0 Å². The summed E-state index contributed by atoms with van der Waals surface area (Å²) in [6, 6.07) is 0. The quantitative estimate of drug-likeness (QED) is 0.104. The second-order valence-corrected chi connectivity index (χ2v) is 17.9. The fraction of sp³-hybridized carbons (Fsp3) is 0.913. The molecule has 0 bridgehead atoms. The first-order valence-corrected chi connectivity index (χ1v) is 23.6. The van der Waals surface area contributed by atoms with Crippen LogP contribution in [0.1, 0.15) is 130 Å². The van der Waals surface area contributed by atoms with Gasteiger partial charge in [-0.3, -0.25) is 19.2 Å². The van der Waals surface area contributed by atoms with Gasteiger partial charge in [-0.2, -0.15) is 0 Å². The van der Waals surface area contributed by atoms with E-state index >= 15 is 0 Å². The molecule has 0 radical (unpaired) electrons. The van der Waals surface area contributed by atoms with Crippen molar-refractivity contribution in [3.63, 3.8) is 0 Å². The molecule has 1 aliphatic heterocycles. The number of nitrogens with zero attached hydrogens (tertiary/aromatic N) is 2. The minimum absolute atomic E-state index is 0.0749. The normalized spacial score (nSPS) is 27.3. The number of carboxylic acid groups (broad SMARTS) is 2. The first-order chi connectivity index (χ1) is 29.4. The highest BCUT2D eigenvalue weighted by atomic mass is 16.6. The topological polar surface area (TPSA) is 180 Å². The molecule has 15 nitrogen and oxygen atoms in total. The second-order valence-electron chi connectivity index (χ2n) is 17.9. The molecule has 0 aromatic carbocycles. The van der Waals surface area contributed by atoms with E-state index in [-0.39, 0.29) is 38.2 Å². The summed E-state index contributed by atoms with van der Waals surface area (Å²) in [5, 5.41) is 19.7. The van der Waals surface area contributed by atoms with Crippen LogP contribution in [0, 0.1) is 23.7 Å². The number of hydrogen-bond acceptors (Lipinski definition) is 11. The van der Waals surface area contributed by atoms with Crippen molar-refractivity contribution in [1.82, 2.24) is 9.80 Å². The zero-order valence-corrected chi connectivity index (χ0v) is 38.2. The van der Waals surface area contributed by atoms with E-state index < -0.39 is 46.8 Å². The Morgan fingerprint density at radius 2 is 0.902 bits per heavy atom. The number of unbranched alkanes of at least 4 members (excludes halogenated alkanes) is 6. The number of carboxylic acids is 2. The van der Waals surface area contributed by atoms with E-state index in [4.69, 9.17) is 33.2 Å². The third-order valence-corrected chi connectivity index (χ3v) is 12.4. The van der Waals surface area contributed by atoms with Gasteiger partial charge in [-0.15, -0.1) is 0 Å². The molecule has 3 fully saturated rings. The Morgan fingerprint density at radius 1 is 0.525 bits per heavy atom. The van der Waals surface area contributed by atoms with Crippen molar-refractivity contribution in [2.24, 2.45) is 23.7 Å². The highest BCUT2D eigenvalue weighted by molar-refractivity contribution is 5.85. The van der Waals surface area contributed by atoms with Gasteiger partial charge in [0.15, 0.2) is 0 Å². The van der Waals surface area contributed by atoms with Gasteiger partial charge in [-0.25, -0.2) is 0 Å². The van der Waals surface area contributed by atoms with Crippen LogP contribution in [0.15, 0.2) is 0 Å². The third kappa shape index (κ3) is 19.9. The van der Waals surface area contributed by atoms with Crippen molar-refractivity contribution in [2.75, 3.05) is 105 Å². The summed E-state index contributed by atoms with van der Waals surface area (Å²) < 4.78 is 42.7. The van der Waals surface area contributed by atoms with Gasteiger partial charge >= 0.3 is 11.9 Å². The van der Waals surface area contributed by atoms with Gasteiger partial charge in [-0.1, -0.05) is 78.1 Å². The van der Waals surface area contributed by atoms with Crippen LogP contribution >= 0.6 is 0 Å². The number of rotatable bonds is 24. The van der Waals surface area contributed by atoms with E-state index in [1.165, 1.54) is 0 Å². The number of amides is 2. The average molecular weight is 871 g/mol. The van der Waals surface area contributed by atoms with Gasteiger partial charge in [0.2, 0.25) is 11.8 Å². The van der Waals surface area contributed by atoms with Gasteiger partial charge < -0.3 is 53.2 Å². The largest absolute Gasteiger partial charge is 0.481 e. The minimum Gasteiger partial charge on any atom is -0.481 e. The number of ether oxygens (including phenoxy) is 7. The molecule has 2 amide bonds. The fourth-order valence-electron chi connectivity index (χ4n) is 8.70. The predicted molar refractivity (Wildman–Crippen MR) is 230 cm³/mol. The van der Waals surface area contributed by atoms with E-state index in [9.17, 15) is 29.4 Å². The van der Waals surface area contributed by atoms with Crippen LogP contribution in [0.3, 0.4) is 0 Å². The summed E-state index contributed by atoms with van der Waals surface area (Å²) in [4.78, 5) is 55.0. The number of carbonyl (C=O) groups is 4. The van der Waals surface area contributed by atoms with Crippen LogP contribution in [-0.4, -0.2) is 160 Å². The molecule has 2 aliphatic carbocycles. The van der Waals surface area contributed by atoms with Gasteiger partial charge in [-0.05, 0) is 52.4 Å². The maximum Gasteiger partial charge on any atom is 0.307 e. The molecule has 6 unspecified atom stereocenters. The van der Waals surface area contributed by atoms with Crippen molar-refractivity contribution in [2.45, 2.75) is 142 Å². The molecule has 2 saturated carbocycles. The van der Waals surface area contributed by atoms with E-state index in [2.05, 4.69) is 13.8 Å². The molecule has 0 spiro atoms. The Balaban J connectivity index is 1.49. The van der Waals surface area contributed by atoms with E-state index in [0.717, 1.165) is 77.0 Å². The minimum atomic E-state index is -0.884. The van der Waals surface area contributed by atoms with Crippen LogP contribution in [0.2, 0.25) is 0 Å². The molecule has 2 N–H and O–H groups in total. The van der Waals surface area contributed by atoms with E-state index in [1.807, 2.05) is 23.6 Å². The standard InChI is InChI=1S/C46H82N2O13/c1-5-7-9-15-21-47(41(49)37-17-11-13-19-39(37)43(51)52)23-25-56-33-45(3)35-58-27-28-59-36-46(4,61-32-30-55-29-31-60-45)34-57-26-24-48(22-16-10-8-6-2)42(50)38-18-12-14-20-40(38)44(53)54/h37-40H,5-36H2,1-4H3,(H,51,52)(H,53,54). The molecule has 3 rings (SSSR count). The molecule has 6 atom stereocenters. The molecule has 1 saturated heterocycles. The van der Waals surface area contributed by atoms with Gasteiger partial charge in [0.05, 0.1) is 103 Å². The average Bonchev–Trinajstić information content (AvgIpc) is 3.26. The Hall–Kier alpha value is -2.40. The molecule has 3 aliphatic rings. The van der Waals surface area contributed by atoms with Crippen LogP contribution in [0.25, 0.3) is 0 Å². The Labute approximate surface area is 366 Å². The molecular formula is C46H82N2O13. The number of carbonyl (C=O) groups excluding carboxylic acids is 2. The lowest BCUT2D eigenvalue weighted by molar-refractivity contribution is -0.153. The zero-order valence-electron chi connectivity index (χ0n) is 38.2. The first kappa shape index (κ1) is 52.9. The first-order valence-electron chi connectivity index (χ1n) is 23.6. The zero-order chi connectivity index (χ0) is 44.4. The predicted octanol–water partition coefficient (Wildman–Crippen LogP) is 6.23. The van der Waals surface area contributed by atoms with Crippen LogP contribution in [0.5, 0.6) is 0 Å². The highest BCUT2D eigenvalue weighted by Crippen LogP contribution is 2.33. The summed E-state index contributed by atoms with van der Waals surface area (Å²) in [7, 11) is 0. The van der Waals surface area contributed by atoms with Gasteiger partial charge in [0, 0.05) is 26.2 Å². The lowest BCUT2D eigenvalue weighted by Gasteiger charge is -2.33. The maximum atomic E-state index is 13.7. The van der Waals surface area contributed by atoms with E-state index in [0.29, 0.717) is 105 Å². The number of aliphatic carboxylic acids is 2. The van der Waals surface area contributed by atoms with Crippen molar-refractivity contribution < 1.29 is 62.5 Å². The summed E-state index contributed by atoms with van der Waals surface area (Å²) >= 11 is 0. The highest BCUT2D eigenvalue weighted by Gasteiger charge is 2.39. The lowest BCUT2D eigenvalue weighted by atomic mass is 9.78. The Kier molecular flexibility index (Phi) is 25.9. The van der Waals surface area contributed by atoms with Crippen molar-refractivity contribution in [3.05, 3.63) is 0 Å². The number of hydrogen-bond donors (Lipinski definition) is 2. The monoisotopic (exact) mass is 871 g/mol. The Morgan fingerprint density at radius 3 is 1.28 bits per heavy atom. The van der Waals surface area contributed by atoms with Crippen LogP contribution in [-0.2, 0) is 52.3 Å². The third-order valence-electron chi connectivity index (χ3n) is 12.4. The molecule has 1 heterocycles. The van der Waals surface area contributed by atoms with Crippen molar-refractivity contribution in [1.29, 1.82) is 0 Å². The molecule has 354 valence electrons. The molecule has 0 aromatic heterocycles. The summed E-state index contributed by atoms with van der Waals surface area (Å²) in [5.74, 6) is -4.17. The lowest BCUT2D eigenvalue weighted by Crippen LogP contribution is -2.45.